The zero-order valence-electron chi connectivity index (χ0n) is 8.63. The highest BCUT2D eigenvalue weighted by Gasteiger charge is 2.12. The van der Waals surface area contributed by atoms with E-state index in [2.05, 4.69) is 13.0 Å². The second-order valence-electron chi connectivity index (χ2n) is 3.56. The maximum atomic E-state index is 5.93. The molecule has 3 heteroatoms. The van der Waals surface area contributed by atoms with Crippen LogP contribution in [0.3, 0.4) is 0 Å². The summed E-state index contributed by atoms with van der Waals surface area (Å²) in [5.41, 5.74) is 5.53. The van der Waals surface area contributed by atoms with Crippen molar-refractivity contribution in [3.8, 4) is 0 Å². The van der Waals surface area contributed by atoms with E-state index < -0.39 is 0 Å². The Labute approximate surface area is 95.3 Å². The third kappa shape index (κ3) is 3.60. The summed E-state index contributed by atoms with van der Waals surface area (Å²) in [4.78, 5) is 1.42. The number of hydrogen-bond donors (Lipinski definition) is 1. The van der Waals surface area contributed by atoms with Gasteiger partial charge in [-0.15, -0.1) is 11.3 Å². The third-order valence-corrected chi connectivity index (χ3v) is 3.78. The molecule has 80 valence electrons. The standard InChI is InChI=1S/C11H18ClNS/c1-2-4-9(5-3-8-13)10-6-7-11(12)14-10/h6-7,9H,2-5,8,13H2,1H3. The number of thiophene rings is 1. The van der Waals surface area contributed by atoms with E-state index in [9.17, 15) is 0 Å². The van der Waals surface area contributed by atoms with Crippen molar-refractivity contribution >= 4 is 22.9 Å². The average molecular weight is 232 g/mol. The summed E-state index contributed by atoms with van der Waals surface area (Å²) in [6.45, 7) is 3.02. The molecule has 1 aromatic rings. The van der Waals surface area contributed by atoms with Gasteiger partial charge in [0.25, 0.3) is 0 Å². The van der Waals surface area contributed by atoms with Crippen molar-refractivity contribution in [3.05, 3.63) is 21.3 Å². The molecule has 1 nitrogen and oxygen atoms in total. The monoisotopic (exact) mass is 231 g/mol. The minimum Gasteiger partial charge on any atom is -0.330 e. The average Bonchev–Trinajstić information content (AvgIpc) is 2.59. The van der Waals surface area contributed by atoms with Gasteiger partial charge in [0.05, 0.1) is 4.34 Å². The van der Waals surface area contributed by atoms with E-state index in [4.69, 9.17) is 17.3 Å². The van der Waals surface area contributed by atoms with Crippen LogP contribution in [-0.2, 0) is 0 Å². The van der Waals surface area contributed by atoms with Gasteiger partial charge in [0, 0.05) is 4.88 Å². The van der Waals surface area contributed by atoms with Crippen LogP contribution in [0.25, 0.3) is 0 Å². The van der Waals surface area contributed by atoms with Crippen LogP contribution in [0.4, 0.5) is 0 Å². The molecule has 0 aliphatic rings. The van der Waals surface area contributed by atoms with Crippen molar-refractivity contribution in [2.75, 3.05) is 6.54 Å². The van der Waals surface area contributed by atoms with Crippen molar-refractivity contribution in [1.29, 1.82) is 0 Å². The highest BCUT2D eigenvalue weighted by molar-refractivity contribution is 7.16. The molecule has 0 bridgehead atoms. The Morgan fingerprint density at radius 3 is 2.71 bits per heavy atom. The fraction of sp³-hybridized carbons (Fsp3) is 0.636. The van der Waals surface area contributed by atoms with E-state index in [1.165, 1.54) is 24.1 Å². The summed E-state index contributed by atoms with van der Waals surface area (Å²) < 4.78 is 0.897. The molecule has 1 heterocycles. The van der Waals surface area contributed by atoms with E-state index in [0.717, 1.165) is 17.3 Å². The second kappa shape index (κ2) is 6.44. The van der Waals surface area contributed by atoms with E-state index >= 15 is 0 Å². The normalized spacial score (nSPS) is 13.1. The van der Waals surface area contributed by atoms with Gasteiger partial charge in [-0.2, -0.15) is 0 Å². The molecule has 14 heavy (non-hydrogen) atoms. The largest absolute Gasteiger partial charge is 0.330 e. The lowest BCUT2D eigenvalue weighted by Crippen LogP contribution is -2.03. The van der Waals surface area contributed by atoms with E-state index in [1.807, 2.05) is 6.07 Å². The van der Waals surface area contributed by atoms with Crippen molar-refractivity contribution in [3.63, 3.8) is 0 Å². The highest BCUT2D eigenvalue weighted by atomic mass is 35.5. The molecule has 0 radical (unpaired) electrons. The zero-order valence-corrected chi connectivity index (χ0v) is 10.2. The Bertz CT molecular complexity index is 260. The first-order chi connectivity index (χ1) is 6.77. The minimum absolute atomic E-state index is 0.668. The van der Waals surface area contributed by atoms with E-state index in [1.54, 1.807) is 11.3 Å². The molecule has 1 aromatic heterocycles. The fourth-order valence-corrected chi connectivity index (χ4v) is 2.92. The smallest absolute Gasteiger partial charge is 0.0931 e. The summed E-state index contributed by atoms with van der Waals surface area (Å²) in [6, 6.07) is 4.15. The predicted molar refractivity (Wildman–Crippen MR) is 65.3 cm³/mol. The quantitative estimate of drug-likeness (QED) is 0.786. The molecule has 0 saturated heterocycles. The maximum Gasteiger partial charge on any atom is 0.0931 e. The Hall–Kier alpha value is -0.0500. The van der Waals surface area contributed by atoms with Crippen molar-refractivity contribution in [2.45, 2.75) is 38.5 Å². The van der Waals surface area contributed by atoms with Crippen molar-refractivity contribution < 1.29 is 0 Å². The zero-order chi connectivity index (χ0) is 10.4. The number of halogens is 1. The summed E-state index contributed by atoms with van der Waals surface area (Å²) in [5, 5.41) is 0. The predicted octanol–water partition coefficient (Wildman–Crippen LogP) is 4.02. The third-order valence-electron chi connectivity index (χ3n) is 2.39. The second-order valence-corrected chi connectivity index (χ2v) is 5.31. The molecule has 0 aromatic carbocycles. The first-order valence-corrected chi connectivity index (χ1v) is 6.42. The van der Waals surface area contributed by atoms with Gasteiger partial charge in [-0.25, -0.2) is 0 Å². The molecule has 0 aliphatic heterocycles. The van der Waals surface area contributed by atoms with Gasteiger partial charge in [0.2, 0.25) is 0 Å². The lowest BCUT2D eigenvalue weighted by molar-refractivity contribution is 0.557. The van der Waals surface area contributed by atoms with Crippen LogP contribution in [0, 0.1) is 0 Å². The molecule has 1 atom stereocenters. The molecular formula is C11H18ClNS. The number of nitrogens with two attached hydrogens (primary N) is 1. The van der Waals surface area contributed by atoms with Crippen LogP contribution in [0.1, 0.15) is 43.4 Å². The molecule has 0 amide bonds. The van der Waals surface area contributed by atoms with Crippen molar-refractivity contribution in [1.82, 2.24) is 0 Å². The van der Waals surface area contributed by atoms with Gasteiger partial charge >= 0.3 is 0 Å². The Morgan fingerprint density at radius 2 is 2.21 bits per heavy atom. The van der Waals surface area contributed by atoms with Gasteiger partial charge in [-0.3, -0.25) is 0 Å². The SMILES string of the molecule is CCCC(CCCN)c1ccc(Cl)s1. The molecule has 0 aliphatic carbocycles. The van der Waals surface area contributed by atoms with Crippen LogP contribution >= 0.6 is 22.9 Å². The van der Waals surface area contributed by atoms with Gasteiger partial charge in [-0.1, -0.05) is 24.9 Å². The molecule has 1 unspecified atom stereocenters. The summed E-state index contributed by atoms with van der Waals surface area (Å²) in [7, 11) is 0. The minimum atomic E-state index is 0.668. The molecule has 0 spiro atoms. The van der Waals surface area contributed by atoms with Crippen LogP contribution in [0.15, 0.2) is 12.1 Å². The lowest BCUT2D eigenvalue weighted by Gasteiger charge is -2.13. The molecule has 2 N–H and O–H groups in total. The summed E-state index contributed by atoms with van der Waals surface area (Å²) in [5.74, 6) is 0.668. The number of hydrogen-bond acceptors (Lipinski definition) is 2. The van der Waals surface area contributed by atoms with Gasteiger partial charge in [0.1, 0.15) is 0 Å². The first-order valence-electron chi connectivity index (χ1n) is 5.23. The molecule has 0 fully saturated rings. The van der Waals surface area contributed by atoms with Crippen molar-refractivity contribution in [2.24, 2.45) is 5.73 Å². The van der Waals surface area contributed by atoms with Crippen LogP contribution in [-0.4, -0.2) is 6.54 Å². The van der Waals surface area contributed by atoms with Gasteiger partial charge in [0.15, 0.2) is 0 Å². The highest BCUT2D eigenvalue weighted by Crippen LogP contribution is 2.33. The first kappa shape index (κ1) is 12.0. The molecule has 0 saturated carbocycles. The topological polar surface area (TPSA) is 26.0 Å². The van der Waals surface area contributed by atoms with Gasteiger partial charge < -0.3 is 5.73 Å². The lowest BCUT2D eigenvalue weighted by atomic mass is 9.96. The number of rotatable bonds is 6. The maximum absolute atomic E-state index is 5.93. The summed E-state index contributed by atoms with van der Waals surface area (Å²) in [6.07, 6.45) is 4.78. The Balaban J connectivity index is 2.57. The van der Waals surface area contributed by atoms with Crippen LogP contribution < -0.4 is 5.73 Å². The van der Waals surface area contributed by atoms with E-state index in [0.29, 0.717) is 5.92 Å². The van der Waals surface area contributed by atoms with E-state index in [-0.39, 0.29) is 0 Å². The van der Waals surface area contributed by atoms with Crippen LogP contribution in [0.2, 0.25) is 4.34 Å². The Kier molecular flexibility index (Phi) is 5.53. The molecular weight excluding hydrogens is 214 g/mol. The molecule has 1 rings (SSSR count). The fourth-order valence-electron chi connectivity index (χ4n) is 1.69. The van der Waals surface area contributed by atoms with Gasteiger partial charge in [-0.05, 0) is 43.9 Å². The van der Waals surface area contributed by atoms with Crippen LogP contribution in [0.5, 0.6) is 0 Å². The summed E-state index contributed by atoms with van der Waals surface area (Å²) >= 11 is 7.64. The Morgan fingerprint density at radius 1 is 1.43 bits per heavy atom.